The number of amides is 2. The summed E-state index contributed by atoms with van der Waals surface area (Å²) in [5.41, 5.74) is 2.40. The van der Waals surface area contributed by atoms with Crippen molar-refractivity contribution in [3.8, 4) is 6.07 Å². The zero-order chi connectivity index (χ0) is 28.3. The number of benzene rings is 1. The van der Waals surface area contributed by atoms with E-state index in [9.17, 15) is 14.9 Å². The lowest BCUT2D eigenvalue weighted by Gasteiger charge is -2.33. The Bertz CT molecular complexity index is 1400. The summed E-state index contributed by atoms with van der Waals surface area (Å²) in [7, 11) is 0. The standard InChI is InChI=1S/C28H33ClN6O2S2/c1-6-35-24(16(2)31-25(37)17-7-10-19(29)11-8-17)33-34-27(35)38-15-23(36)32-26-21(14-30)20-12-9-18(28(3,4)5)13-22(20)39-26/h7-8,10-11,16,18H,6,9,12-13,15H2,1-5H3,(H,31,37)(H,32,36)/t16-,18-/m0/s1. The number of carbonyl (C=O) groups is 2. The van der Waals surface area contributed by atoms with Crippen molar-refractivity contribution >= 4 is 51.5 Å². The Balaban J connectivity index is 1.39. The number of rotatable bonds is 8. The number of hydrogen-bond donors (Lipinski definition) is 2. The van der Waals surface area contributed by atoms with Gasteiger partial charge in [-0.25, -0.2) is 0 Å². The molecule has 2 aromatic heterocycles. The van der Waals surface area contributed by atoms with Crippen molar-refractivity contribution < 1.29 is 9.59 Å². The van der Waals surface area contributed by atoms with Crippen LogP contribution >= 0.6 is 34.7 Å². The topological polar surface area (TPSA) is 113 Å². The molecular formula is C28H33ClN6O2S2. The number of aromatic nitrogens is 3. The fraction of sp³-hybridized carbons (Fsp3) is 0.464. The third kappa shape index (κ3) is 6.65. The molecule has 2 N–H and O–H groups in total. The molecule has 2 atom stereocenters. The van der Waals surface area contributed by atoms with E-state index in [1.807, 2.05) is 18.4 Å². The number of nitrogens with one attached hydrogen (secondary N) is 2. The van der Waals surface area contributed by atoms with Crippen LogP contribution in [0.15, 0.2) is 29.4 Å². The van der Waals surface area contributed by atoms with Crippen LogP contribution in [0.5, 0.6) is 0 Å². The van der Waals surface area contributed by atoms with Gasteiger partial charge >= 0.3 is 0 Å². The van der Waals surface area contributed by atoms with E-state index in [2.05, 4.69) is 47.7 Å². The zero-order valence-electron chi connectivity index (χ0n) is 22.8. The lowest BCUT2D eigenvalue weighted by molar-refractivity contribution is -0.113. The number of thiophene rings is 1. The minimum absolute atomic E-state index is 0.127. The number of nitrogens with zero attached hydrogens (tertiary/aromatic N) is 4. The fourth-order valence-electron chi connectivity index (χ4n) is 4.79. The molecule has 0 spiro atoms. The van der Waals surface area contributed by atoms with Crippen LogP contribution in [-0.4, -0.2) is 32.3 Å². The van der Waals surface area contributed by atoms with E-state index in [1.54, 1.807) is 24.3 Å². The Morgan fingerprint density at radius 2 is 2.00 bits per heavy atom. The van der Waals surface area contributed by atoms with Gasteiger partial charge in [0.2, 0.25) is 5.91 Å². The van der Waals surface area contributed by atoms with Crippen molar-refractivity contribution in [1.29, 1.82) is 5.26 Å². The summed E-state index contributed by atoms with van der Waals surface area (Å²) in [5, 5.41) is 26.1. The second-order valence-corrected chi connectivity index (χ2v) is 13.2. The number of anilines is 1. The summed E-state index contributed by atoms with van der Waals surface area (Å²) in [6.45, 7) is 11.2. The average Bonchev–Trinajstić information content (AvgIpc) is 3.46. The lowest BCUT2D eigenvalue weighted by Crippen LogP contribution is -2.28. The number of halogens is 1. The summed E-state index contributed by atoms with van der Waals surface area (Å²) in [6, 6.07) is 8.60. The maximum atomic E-state index is 12.9. The molecule has 1 aliphatic carbocycles. The van der Waals surface area contributed by atoms with Crippen molar-refractivity contribution in [2.45, 2.75) is 71.6 Å². The number of carbonyl (C=O) groups excluding carboxylic acids is 2. The predicted octanol–water partition coefficient (Wildman–Crippen LogP) is 6.26. The molecule has 1 aliphatic rings. The highest BCUT2D eigenvalue weighted by Crippen LogP contribution is 2.44. The van der Waals surface area contributed by atoms with E-state index in [-0.39, 0.29) is 23.0 Å². The van der Waals surface area contributed by atoms with E-state index in [0.29, 0.717) is 44.6 Å². The predicted molar refractivity (Wildman–Crippen MR) is 156 cm³/mol. The van der Waals surface area contributed by atoms with Gasteiger partial charge in [0.15, 0.2) is 11.0 Å². The maximum absolute atomic E-state index is 12.9. The smallest absolute Gasteiger partial charge is 0.251 e. The molecule has 0 fully saturated rings. The first-order valence-corrected chi connectivity index (χ1v) is 15.2. The van der Waals surface area contributed by atoms with E-state index >= 15 is 0 Å². The summed E-state index contributed by atoms with van der Waals surface area (Å²) in [5.74, 6) is 0.857. The molecule has 0 saturated heterocycles. The van der Waals surface area contributed by atoms with Gasteiger partial charge in [-0.15, -0.1) is 21.5 Å². The summed E-state index contributed by atoms with van der Waals surface area (Å²) in [6.07, 6.45) is 2.87. The van der Waals surface area contributed by atoms with Gasteiger partial charge < -0.3 is 15.2 Å². The molecule has 4 rings (SSSR count). The molecule has 2 amide bonds. The highest BCUT2D eigenvalue weighted by atomic mass is 35.5. The first-order chi connectivity index (χ1) is 18.5. The molecule has 0 saturated carbocycles. The van der Waals surface area contributed by atoms with Gasteiger partial charge in [-0.3, -0.25) is 9.59 Å². The van der Waals surface area contributed by atoms with Crippen molar-refractivity contribution in [1.82, 2.24) is 20.1 Å². The van der Waals surface area contributed by atoms with Crippen LogP contribution in [0.4, 0.5) is 5.00 Å². The van der Waals surface area contributed by atoms with E-state index in [0.717, 1.165) is 24.8 Å². The molecule has 3 aromatic rings. The maximum Gasteiger partial charge on any atom is 0.251 e. The SMILES string of the molecule is CCn1c(SCC(=O)Nc2sc3c(c2C#N)CC[C@H](C(C)(C)C)C3)nnc1[C@H](C)NC(=O)c1ccc(Cl)cc1. The van der Waals surface area contributed by atoms with Gasteiger partial charge in [0.1, 0.15) is 11.1 Å². The monoisotopic (exact) mass is 584 g/mol. The van der Waals surface area contributed by atoms with Crippen LogP contribution in [0, 0.1) is 22.7 Å². The summed E-state index contributed by atoms with van der Waals surface area (Å²) >= 11 is 8.73. The molecule has 1 aromatic carbocycles. The number of thioether (sulfide) groups is 1. The Hall–Kier alpha value is -2.87. The van der Waals surface area contributed by atoms with Gasteiger partial charge in [0.25, 0.3) is 5.91 Å². The van der Waals surface area contributed by atoms with Crippen molar-refractivity contribution in [3.63, 3.8) is 0 Å². The quantitative estimate of drug-likeness (QED) is 0.302. The third-order valence-corrected chi connectivity index (χ3v) is 9.48. The molecule has 0 bridgehead atoms. The van der Waals surface area contributed by atoms with Crippen LogP contribution in [0.25, 0.3) is 0 Å². The van der Waals surface area contributed by atoms with Crippen LogP contribution in [0.3, 0.4) is 0 Å². The van der Waals surface area contributed by atoms with Crippen LogP contribution in [0.1, 0.15) is 79.3 Å². The molecule has 39 heavy (non-hydrogen) atoms. The Labute approximate surface area is 242 Å². The molecule has 0 radical (unpaired) electrons. The van der Waals surface area contributed by atoms with E-state index in [1.165, 1.54) is 28.0 Å². The fourth-order valence-corrected chi connectivity index (χ4v) is 7.02. The Morgan fingerprint density at radius 1 is 1.28 bits per heavy atom. The average molecular weight is 585 g/mol. The molecule has 0 aliphatic heterocycles. The zero-order valence-corrected chi connectivity index (χ0v) is 25.2. The molecule has 11 heteroatoms. The second kappa shape index (κ2) is 12.1. The van der Waals surface area contributed by atoms with E-state index < -0.39 is 6.04 Å². The Morgan fingerprint density at radius 3 is 2.64 bits per heavy atom. The molecule has 8 nitrogen and oxygen atoms in total. The normalized spacial score (nSPS) is 15.8. The molecular weight excluding hydrogens is 552 g/mol. The summed E-state index contributed by atoms with van der Waals surface area (Å²) < 4.78 is 1.89. The third-order valence-electron chi connectivity index (χ3n) is 7.09. The highest BCUT2D eigenvalue weighted by molar-refractivity contribution is 7.99. The minimum Gasteiger partial charge on any atom is -0.342 e. The van der Waals surface area contributed by atoms with Crippen LogP contribution in [0.2, 0.25) is 5.02 Å². The van der Waals surface area contributed by atoms with Gasteiger partial charge in [0.05, 0.1) is 17.4 Å². The van der Waals surface area contributed by atoms with Gasteiger partial charge in [-0.2, -0.15) is 5.26 Å². The molecule has 0 unspecified atom stereocenters. The van der Waals surface area contributed by atoms with Gasteiger partial charge in [0, 0.05) is 22.0 Å². The number of nitriles is 1. The molecule has 206 valence electrons. The van der Waals surface area contributed by atoms with Crippen molar-refractivity contribution in [2.75, 3.05) is 11.1 Å². The largest absolute Gasteiger partial charge is 0.342 e. The van der Waals surface area contributed by atoms with Crippen molar-refractivity contribution in [2.24, 2.45) is 11.3 Å². The number of hydrogen-bond acceptors (Lipinski definition) is 7. The van der Waals surface area contributed by atoms with Crippen LogP contribution < -0.4 is 10.6 Å². The molecule has 2 heterocycles. The highest BCUT2D eigenvalue weighted by Gasteiger charge is 2.32. The lowest BCUT2D eigenvalue weighted by atomic mass is 9.72. The van der Waals surface area contributed by atoms with Crippen LogP contribution in [-0.2, 0) is 24.2 Å². The Kier molecular flexibility index (Phi) is 9.04. The number of fused-ring (bicyclic) bond motifs is 1. The minimum atomic E-state index is -0.392. The van der Waals surface area contributed by atoms with Gasteiger partial charge in [-0.1, -0.05) is 44.1 Å². The first-order valence-electron chi connectivity index (χ1n) is 13.0. The first kappa shape index (κ1) is 29.1. The van der Waals surface area contributed by atoms with Crippen molar-refractivity contribution in [3.05, 3.63) is 56.7 Å². The van der Waals surface area contributed by atoms with E-state index in [4.69, 9.17) is 11.6 Å². The second-order valence-electron chi connectivity index (χ2n) is 10.7. The van der Waals surface area contributed by atoms with Gasteiger partial charge in [-0.05, 0) is 74.3 Å². The summed E-state index contributed by atoms with van der Waals surface area (Å²) in [4.78, 5) is 26.7.